The standard InChI is InChI=1S/C20H27NO6/c1-3-21(4-2)15-5-6-18-14(7-20(23)27-19(18)8-15)11-24-13-26-17-9-16(10-22)25-12-17/h5-8,16-17,22H,3-4,9-13H2,1-2H3/t16-,17-/m0/s1. The zero-order valence-corrected chi connectivity index (χ0v) is 15.8. The summed E-state index contributed by atoms with van der Waals surface area (Å²) in [5.41, 5.74) is 1.96. The van der Waals surface area contributed by atoms with Crippen molar-refractivity contribution in [2.75, 3.05) is 38.0 Å². The van der Waals surface area contributed by atoms with E-state index < -0.39 is 5.63 Å². The van der Waals surface area contributed by atoms with Gasteiger partial charge in [-0.15, -0.1) is 0 Å². The van der Waals surface area contributed by atoms with Crippen molar-refractivity contribution in [2.24, 2.45) is 0 Å². The number of hydrogen-bond donors (Lipinski definition) is 1. The van der Waals surface area contributed by atoms with E-state index in [2.05, 4.69) is 18.7 Å². The molecule has 0 radical (unpaired) electrons. The first-order valence-corrected chi connectivity index (χ1v) is 9.38. The quantitative estimate of drug-likeness (QED) is 0.408. The molecule has 2 atom stereocenters. The molecule has 7 heteroatoms. The number of ether oxygens (including phenoxy) is 3. The van der Waals surface area contributed by atoms with Crippen LogP contribution in [0.3, 0.4) is 0 Å². The van der Waals surface area contributed by atoms with Crippen molar-refractivity contribution in [3.05, 3.63) is 40.2 Å². The minimum atomic E-state index is -0.395. The van der Waals surface area contributed by atoms with Crippen LogP contribution in [0.25, 0.3) is 11.0 Å². The summed E-state index contributed by atoms with van der Waals surface area (Å²) < 4.78 is 22.0. The monoisotopic (exact) mass is 377 g/mol. The molecule has 0 unspecified atom stereocenters. The van der Waals surface area contributed by atoms with Crippen molar-refractivity contribution >= 4 is 16.7 Å². The highest BCUT2D eigenvalue weighted by Gasteiger charge is 2.25. The van der Waals surface area contributed by atoms with Gasteiger partial charge in [0.25, 0.3) is 0 Å². The lowest BCUT2D eigenvalue weighted by molar-refractivity contribution is -0.0955. The minimum Gasteiger partial charge on any atom is -0.423 e. The zero-order valence-electron chi connectivity index (χ0n) is 15.8. The van der Waals surface area contributed by atoms with Gasteiger partial charge in [0.2, 0.25) is 0 Å². The van der Waals surface area contributed by atoms with Crippen molar-refractivity contribution < 1.29 is 23.7 Å². The molecule has 2 aromatic rings. The number of hydrogen-bond acceptors (Lipinski definition) is 7. The van der Waals surface area contributed by atoms with Crippen LogP contribution < -0.4 is 10.5 Å². The van der Waals surface area contributed by atoms with E-state index in [0.29, 0.717) is 18.6 Å². The van der Waals surface area contributed by atoms with E-state index in [9.17, 15) is 4.79 Å². The zero-order chi connectivity index (χ0) is 19.2. The molecular weight excluding hydrogens is 350 g/mol. The molecule has 1 fully saturated rings. The molecule has 2 heterocycles. The second-order valence-corrected chi connectivity index (χ2v) is 6.57. The van der Waals surface area contributed by atoms with Gasteiger partial charge in [-0.3, -0.25) is 0 Å². The van der Waals surface area contributed by atoms with E-state index in [4.69, 9.17) is 23.7 Å². The summed E-state index contributed by atoms with van der Waals surface area (Å²) in [6, 6.07) is 7.34. The van der Waals surface area contributed by atoms with Crippen LogP contribution in [0.2, 0.25) is 0 Å². The first kappa shape index (κ1) is 19.8. The molecule has 3 rings (SSSR count). The number of anilines is 1. The fraction of sp³-hybridized carbons (Fsp3) is 0.550. The van der Waals surface area contributed by atoms with Gasteiger partial charge in [0.1, 0.15) is 12.4 Å². The molecule has 0 spiro atoms. The fourth-order valence-electron chi connectivity index (χ4n) is 3.34. The van der Waals surface area contributed by atoms with E-state index >= 15 is 0 Å². The Morgan fingerprint density at radius 1 is 1.26 bits per heavy atom. The van der Waals surface area contributed by atoms with Gasteiger partial charge in [-0.1, -0.05) is 0 Å². The first-order chi connectivity index (χ1) is 13.1. The molecule has 7 nitrogen and oxygen atoms in total. The Morgan fingerprint density at radius 3 is 2.78 bits per heavy atom. The molecule has 1 aromatic carbocycles. The molecule has 27 heavy (non-hydrogen) atoms. The van der Waals surface area contributed by atoms with Crippen molar-refractivity contribution in [2.45, 2.75) is 39.1 Å². The summed E-state index contributed by atoms with van der Waals surface area (Å²) in [6.45, 7) is 6.76. The topological polar surface area (TPSA) is 81.4 Å². The van der Waals surface area contributed by atoms with E-state index in [1.165, 1.54) is 6.07 Å². The highest BCUT2D eigenvalue weighted by atomic mass is 16.7. The van der Waals surface area contributed by atoms with Gasteiger partial charge >= 0.3 is 5.63 Å². The molecule has 0 amide bonds. The third-order valence-corrected chi connectivity index (χ3v) is 4.83. The van der Waals surface area contributed by atoms with E-state index in [0.717, 1.165) is 29.7 Å². The maximum absolute atomic E-state index is 11.9. The largest absolute Gasteiger partial charge is 0.423 e. The van der Waals surface area contributed by atoms with Crippen molar-refractivity contribution in [1.82, 2.24) is 0 Å². The Kier molecular flexibility index (Phi) is 6.84. The average molecular weight is 377 g/mol. The van der Waals surface area contributed by atoms with Gasteiger partial charge < -0.3 is 28.6 Å². The molecule has 1 aliphatic rings. The van der Waals surface area contributed by atoms with Crippen LogP contribution in [-0.2, 0) is 20.8 Å². The average Bonchev–Trinajstić information content (AvgIpc) is 3.13. The third kappa shape index (κ3) is 4.87. The predicted molar refractivity (Wildman–Crippen MR) is 102 cm³/mol. The van der Waals surface area contributed by atoms with Crippen LogP contribution in [0.1, 0.15) is 25.8 Å². The fourth-order valence-corrected chi connectivity index (χ4v) is 3.34. The predicted octanol–water partition coefficient (Wildman–Crippen LogP) is 2.28. The second kappa shape index (κ2) is 9.32. The molecule has 0 aliphatic carbocycles. The van der Waals surface area contributed by atoms with E-state index in [1.807, 2.05) is 18.2 Å². The van der Waals surface area contributed by atoms with E-state index in [1.54, 1.807) is 0 Å². The smallest absolute Gasteiger partial charge is 0.336 e. The SMILES string of the molecule is CCN(CC)c1ccc2c(COCO[C@@H]3CO[C@H](CO)C3)cc(=O)oc2c1. The lowest BCUT2D eigenvalue weighted by Gasteiger charge is -2.21. The maximum Gasteiger partial charge on any atom is 0.336 e. The Balaban J connectivity index is 1.64. The molecule has 1 aromatic heterocycles. The van der Waals surface area contributed by atoms with Gasteiger partial charge in [-0.05, 0) is 31.5 Å². The number of fused-ring (bicyclic) bond motifs is 1. The number of rotatable bonds is 9. The Hall–Kier alpha value is -1.93. The summed E-state index contributed by atoms with van der Waals surface area (Å²) in [6.07, 6.45) is 0.431. The summed E-state index contributed by atoms with van der Waals surface area (Å²) in [7, 11) is 0. The maximum atomic E-state index is 11.9. The Labute approximate surface area is 158 Å². The summed E-state index contributed by atoms with van der Waals surface area (Å²) >= 11 is 0. The highest BCUT2D eigenvalue weighted by molar-refractivity contribution is 5.83. The highest BCUT2D eigenvalue weighted by Crippen LogP contribution is 2.24. The molecule has 1 saturated heterocycles. The van der Waals surface area contributed by atoms with Gasteiger partial charge in [-0.25, -0.2) is 4.79 Å². The second-order valence-electron chi connectivity index (χ2n) is 6.57. The number of nitrogens with zero attached hydrogens (tertiary/aromatic N) is 1. The van der Waals surface area contributed by atoms with Crippen LogP contribution in [-0.4, -0.2) is 50.4 Å². The van der Waals surface area contributed by atoms with Crippen LogP contribution in [0.15, 0.2) is 33.5 Å². The molecule has 0 bridgehead atoms. The lowest BCUT2D eigenvalue weighted by atomic mass is 10.1. The van der Waals surface area contributed by atoms with Gasteiger partial charge in [0.15, 0.2) is 0 Å². The minimum absolute atomic E-state index is 0.00196. The summed E-state index contributed by atoms with van der Waals surface area (Å²) in [5.74, 6) is 0. The lowest BCUT2D eigenvalue weighted by Crippen LogP contribution is -2.21. The van der Waals surface area contributed by atoms with E-state index in [-0.39, 0.29) is 32.2 Å². The normalized spacial score (nSPS) is 19.7. The summed E-state index contributed by atoms with van der Waals surface area (Å²) in [4.78, 5) is 14.1. The molecule has 148 valence electrons. The molecule has 1 N–H and O–H groups in total. The van der Waals surface area contributed by atoms with Crippen LogP contribution >= 0.6 is 0 Å². The van der Waals surface area contributed by atoms with Crippen LogP contribution in [0.5, 0.6) is 0 Å². The number of aliphatic hydroxyl groups excluding tert-OH is 1. The molecule has 0 saturated carbocycles. The Morgan fingerprint density at radius 2 is 2.07 bits per heavy atom. The summed E-state index contributed by atoms with van der Waals surface area (Å²) in [5, 5.41) is 9.92. The van der Waals surface area contributed by atoms with Gasteiger partial charge in [0, 0.05) is 42.7 Å². The molecule has 1 aliphatic heterocycles. The van der Waals surface area contributed by atoms with Crippen LogP contribution in [0, 0.1) is 0 Å². The first-order valence-electron chi connectivity index (χ1n) is 9.38. The van der Waals surface area contributed by atoms with Crippen molar-refractivity contribution in [1.29, 1.82) is 0 Å². The van der Waals surface area contributed by atoms with Gasteiger partial charge in [0.05, 0.1) is 32.0 Å². The number of aliphatic hydroxyl groups is 1. The van der Waals surface area contributed by atoms with Gasteiger partial charge in [-0.2, -0.15) is 0 Å². The molecular formula is C20H27NO6. The third-order valence-electron chi connectivity index (χ3n) is 4.83. The Bertz CT molecular complexity index is 801. The van der Waals surface area contributed by atoms with Crippen molar-refractivity contribution in [3.63, 3.8) is 0 Å². The number of benzene rings is 1. The van der Waals surface area contributed by atoms with Crippen LogP contribution in [0.4, 0.5) is 5.69 Å². The van der Waals surface area contributed by atoms with Crippen molar-refractivity contribution in [3.8, 4) is 0 Å².